The van der Waals surface area contributed by atoms with Gasteiger partial charge in [-0.2, -0.15) is 15.0 Å². The molecule has 0 aliphatic carbocycles. The van der Waals surface area contributed by atoms with Gasteiger partial charge >= 0.3 is 0 Å². The number of hydrogen-bond donors (Lipinski definition) is 0. The Balaban J connectivity index is 2.27. The lowest BCUT2D eigenvalue weighted by molar-refractivity contribution is 0.753. The second kappa shape index (κ2) is 3.57. The highest BCUT2D eigenvalue weighted by Crippen LogP contribution is 2.23. The van der Waals surface area contributed by atoms with E-state index < -0.39 is 0 Å². The van der Waals surface area contributed by atoms with Crippen LogP contribution in [0.2, 0.25) is 5.02 Å². The molecule has 0 aliphatic rings. The number of hydrogen-bond acceptors (Lipinski definition) is 3. The number of pyridine rings is 1. The molecule has 0 spiro atoms. The summed E-state index contributed by atoms with van der Waals surface area (Å²) in [7, 11) is 0. The van der Waals surface area contributed by atoms with Crippen molar-refractivity contribution in [2.75, 3.05) is 0 Å². The second-order valence-corrected chi connectivity index (χ2v) is 3.72. The Hall–Kier alpha value is -1.94. The molecule has 4 nitrogen and oxygen atoms in total. The molecule has 2 aromatic heterocycles. The highest BCUT2D eigenvalue weighted by atomic mass is 35.5. The maximum absolute atomic E-state index is 6.10. The zero-order valence-electron chi connectivity index (χ0n) is 8.21. The van der Waals surface area contributed by atoms with Gasteiger partial charge in [0, 0.05) is 11.6 Å². The minimum Gasteiger partial charge on any atom is -0.256 e. The van der Waals surface area contributed by atoms with Crippen LogP contribution >= 0.6 is 11.6 Å². The molecule has 0 fully saturated rings. The highest BCUT2D eigenvalue weighted by Gasteiger charge is 2.03. The van der Waals surface area contributed by atoms with E-state index in [-0.39, 0.29) is 0 Å². The smallest absolute Gasteiger partial charge is 0.0864 e. The summed E-state index contributed by atoms with van der Waals surface area (Å²) in [5.74, 6) is 0. The Kier molecular flexibility index (Phi) is 2.08. The van der Waals surface area contributed by atoms with Crippen LogP contribution in [0.4, 0.5) is 0 Å². The molecule has 0 saturated carbocycles. The molecule has 3 rings (SSSR count). The van der Waals surface area contributed by atoms with Gasteiger partial charge in [0.25, 0.3) is 0 Å². The largest absolute Gasteiger partial charge is 0.256 e. The monoisotopic (exact) mass is 230 g/mol. The Morgan fingerprint density at radius 1 is 1.00 bits per heavy atom. The molecule has 16 heavy (non-hydrogen) atoms. The van der Waals surface area contributed by atoms with Crippen LogP contribution in [-0.2, 0) is 0 Å². The molecule has 0 saturated heterocycles. The second-order valence-electron chi connectivity index (χ2n) is 3.31. The molecule has 78 valence electrons. The molecule has 1 aromatic carbocycles. The van der Waals surface area contributed by atoms with Crippen molar-refractivity contribution in [3.8, 4) is 5.69 Å². The van der Waals surface area contributed by atoms with Gasteiger partial charge in [0.05, 0.1) is 28.6 Å². The summed E-state index contributed by atoms with van der Waals surface area (Å²) in [5, 5.41) is 9.71. The van der Waals surface area contributed by atoms with E-state index >= 15 is 0 Å². The number of fused-ring (bicyclic) bond motifs is 1. The molecule has 0 bridgehead atoms. The van der Waals surface area contributed by atoms with Crippen molar-refractivity contribution >= 4 is 22.5 Å². The van der Waals surface area contributed by atoms with E-state index in [4.69, 9.17) is 11.6 Å². The summed E-state index contributed by atoms with van der Waals surface area (Å²) < 4.78 is 0. The van der Waals surface area contributed by atoms with E-state index in [9.17, 15) is 0 Å². The molecule has 0 radical (unpaired) electrons. The van der Waals surface area contributed by atoms with Crippen LogP contribution in [0.25, 0.3) is 16.6 Å². The lowest BCUT2D eigenvalue weighted by atomic mass is 10.2. The van der Waals surface area contributed by atoms with Gasteiger partial charge in [-0.05, 0) is 24.3 Å². The first-order valence-corrected chi connectivity index (χ1v) is 5.13. The maximum Gasteiger partial charge on any atom is 0.0864 e. The maximum atomic E-state index is 6.10. The van der Waals surface area contributed by atoms with Crippen molar-refractivity contribution in [3.05, 3.63) is 47.9 Å². The zero-order valence-corrected chi connectivity index (χ0v) is 8.96. The molecular formula is C11H7ClN4. The summed E-state index contributed by atoms with van der Waals surface area (Å²) in [4.78, 5) is 5.77. The molecule has 0 amide bonds. The summed E-state index contributed by atoms with van der Waals surface area (Å²) in [6.07, 6.45) is 4.96. The van der Waals surface area contributed by atoms with Gasteiger partial charge in [-0.25, -0.2) is 0 Å². The average molecular weight is 231 g/mol. The molecule has 0 atom stereocenters. The minimum atomic E-state index is 0.680. The number of nitrogens with zero attached hydrogens (tertiary/aromatic N) is 4. The van der Waals surface area contributed by atoms with Crippen LogP contribution in [0, 0.1) is 0 Å². The zero-order chi connectivity index (χ0) is 11.0. The van der Waals surface area contributed by atoms with Gasteiger partial charge in [-0.3, -0.25) is 4.98 Å². The van der Waals surface area contributed by atoms with E-state index in [1.807, 2.05) is 18.2 Å². The topological polar surface area (TPSA) is 43.6 Å². The van der Waals surface area contributed by atoms with E-state index in [2.05, 4.69) is 15.2 Å². The van der Waals surface area contributed by atoms with Crippen LogP contribution in [0.3, 0.4) is 0 Å². The Morgan fingerprint density at radius 3 is 2.62 bits per heavy atom. The predicted molar refractivity (Wildman–Crippen MR) is 61.7 cm³/mol. The summed E-state index contributed by atoms with van der Waals surface area (Å²) in [5.41, 5.74) is 1.73. The van der Waals surface area contributed by atoms with Crippen LogP contribution in [0.15, 0.2) is 42.9 Å². The molecule has 0 aliphatic heterocycles. The van der Waals surface area contributed by atoms with E-state index in [1.54, 1.807) is 29.5 Å². The van der Waals surface area contributed by atoms with Gasteiger partial charge in [0.2, 0.25) is 0 Å². The lowest BCUT2D eigenvalue weighted by Crippen LogP contribution is -1.98. The van der Waals surface area contributed by atoms with Crippen LogP contribution < -0.4 is 0 Å². The third-order valence-electron chi connectivity index (χ3n) is 2.32. The first-order chi connectivity index (χ1) is 7.84. The van der Waals surface area contributed by atoms with Gasteiger partial charge in [0.15, 0.2) is 0 Å². The Morgan fingerprint density at radius 2 is 1.81 bits per heavy atom. The highest BCUT2D eigenvalue weighted by molar-refractivity contribution is 6.35. The number of rotatable bonds is 1. The summed E-state index contributed by atoms with van der Waals surface area (Å²) >= 11 is 6.10. The van der Waals surface area contributed by atoms with Gasteiger partial charge in [-0.1, -0.05) is 11.6 Å². The van der Waals surface area contributed by atoms with Crippen LogP contribution in [0.1, 0.15) is 0 Å². The Labute approximate surface area is 96.5 Å². The third kappa shape index (κ3) is 1.44. The summed E-state index contributed by atoms with van der Waals surface area (Å²) in [6.45, 7) is 0. The number of aromatic nitrogens is 4. The van der Waals surface area contributed by atoms with Gasteiger partial charge in [0.1, 0.15) is 0 Å². The SMILES string of the molecule is Clc1ccnc2ccc(-n3nccn3)cc12. The minimum absolute atomic E-state index is 0.680. The Bertz CT molecular complexity index is 634. The standard InChI is InChI=1S/C11H7ClN4/c12-10-3-4-13-11-2-1-8(7-9(10)11)16-14-5-6-15-16/h1-7H. The van der Waals surface area contributed by atoms with Crippen molar-refractivity contribution in [1.82, 2.24) is 20.0 Å². The number of halogens is 1. The van der Waals surface area contributed by atoms with Crippen LogP contribution in [0.5, 0.6) is 0 Å². The fourth-order valence-electron chi connectivity index (χ4n) is 1.57. The fraction of sp³-hybridized carbons (Fsp3) is 0. The third-order valence-corrected chi connectivity index (χ3v) is 2.65. The molecular weight excluding hydrogens is 224 g/mol. The van der Waals surface area contributed by atoms with Gasteiger partial charge < -0.3 is 0 Å². The predicted octanol–water partition coefficient (Wildman–Crippen LogP) is 2.47. The van der Waals surface area contributed by atoms with Crippen molar-refractivity contribution in [3.63, 3.8) is 0 Å². The van der Waals surface area contributed by atoms with Crippen LogP contribution in [-0.4, -0.2) is 20.0 Å². The quantitative estimate of drug-likeness (QED) is 0.645. The van der Waals surface area contributed by atoms with Crippen molar-refractivity contribution in [2.24, 2.45) is 0 Å². The molecule has 0 unspecified atom stereocenters. The van der Waals surface area contributed by atoms with Crippen molar-refractivity contribution < 1.29 is 0 Å². The van der Waals surface area contributed by atoms with Gasteiger partial charge in [-0.15, -0.1) is 0 Å². The molecule has 5 heteroatoms. The first-order valence-electron chi connectivity index (χ1n) is 4.75. The number of benzene rings is 1. The van der Waals surface area contributed by atoms with Crippen molar-refractivity contribution in [2.45, 2.75) is 0 Å². The fourth-order valence-corrected chi connectivity index (χ4v) is 1.78. The first kappa shape index (κ1) is 9.30. The van der Waals surface area contributed by atoms with E-state index in [0.29, 0.717) is 5.02 Å². The van der Waals surface area contributed by atoms with E-state index in [0.717, 1.165) is 16.6 Å². The molecule has 0 N–H and O–H groups in total. The normalized spacial score (nSPS) is 10.8. The lowest BCUT2D eigenvalue weighted by Gasteiger charge is -2.03. The molecule has 2 heterocycles. The molecule has 3 aromatic rings. The van der Waals surface area contributed by atoms with E-state index in [1.165, 1.54) is 0 Å². The summed E-state index contributed by atoms with van der Waals surface area (Å²) in [6, 6.07) is 7.50. The van der Waals surface area contributed by atoms with Crippen molar-refractivity contribution in [1.29, 1.82) is 0 Å². The average Bonchev–Trinajstić information content (AvgIpc) is 2.83.